The molecule has 0 heterocycles. The molecule has 0 aliphatic carbocycles. The number of anilines is 1. The molecule has 0 amide bonds. The number of hydrogen-bond donors (Lipinski definition) is 2. The van der Waals surface area contributed by atoms with Gasteiger partial charge in [0.2, 0.25) is 10.0 Å². The Kier molecular flexibility index (Phi) is 7.29. The van der Waals surface area contributed by atoms with Crippen molar-refractivity contribution in [2.75, 3.05) is 11.9 Å². The molecule has 2 aromatic rings. The maximum atomic E-state index is 14.1. The summed E-state index contributed by atoms with van der Waals surface area (Å²) in [5.41, 5.74) is -4.55. The lowest BCUT2D eigenvalue weighted by molar-refractivity contribution is -0.274. The monoisotopic (exact) mass is 486 g/mol. The lowest BCUT2D eigenvalue weighted by atomic mass is 10.1. The highest BCUT2D eigenvalue weighted by atomic mass is 32.2. The summed E-state index contributed by atoms with van der Waals surface area (Å²) >= 11 is 0. The molecule has 2 N–H and O–H groups in total. The van der Waals surface area contributed by atoms with Gasteiger partial charge in [0.1, 0.15) is 5.75 Å². The van der Waals surface area contributed by atoms with Crippen LogP contribution in [0.3, 0.4) is 0 Å². The SMILES string of the molecule is CCOC(=O)[C@](Nc1ccc(OC(F)(F)F)cc1)(NS(=O)(=O)c1ccccc1)C(F)(F)F. The number of alkyl halides is 6. The van der Waals surface area contributed by atoms with Crippen molar-refractivity contribution < 1.29 is 49.0 Å². The summed E-state index contributed by atoms with van der Waals surface area (Å²) in [6.07, 6.45) is -10.6. The van der Waals surface area contributed by atoms with E-state index in [-0.39, 0.29) is 0 Å². The minimum atomic E-state index is -5.58. The maximum Gasteiger partial charge on any atom is 0.573 e. The second-order valence-corrected chi connectivity index (χ2v) is 7.77. The molecule has 176 valence electrons. The Balaban J connectivity index is 2.52. The molecule has 14 heteroatoms. The summed E-state index contributed by atoms with van der Waals surface area (Å²) in [6.45, 7) is 0.678. The fourth-order valence-electron chi connectivity index (χ4n) is 2.42. The highest BCUT2D eigenvalue weighted by Gasteiger charge is 2.64. The predicted octanol–water partition coefficient (Wildman–Crippen LogP) is 3.80. The fraction of sp³-hybridized carbons (Fsp3) is 0.278. The van der Waals surface area contributed by atoms with Crippen LogP contribution in [0.5, 0.6) is 5.75 Å². The van der Waals surface area contributed by atoms with Crippen molar-refractivity contribution in [2.24, 2.45) is 0 Å². The minimum Gasteiger partial charge on any atom is -0.463 e. The van der Waals surface area contributed by atoms with Crippen molar-refractivity contribution in [1.82, 2.24) is 4.72 Å². The molecule has 0 aliphatic rings. The van der Waals surface area contributed by atoms with E-state index in [0.29, 0.717) is 12.1 Å². The molecule has 0 saturated heterocycles. The van der Waals surface area contributed by atoms with Crippen molar-refractivity contribution in [3.8, 4) is 5.75 Å². The maximum absolute atomic E-state index is 14.1. The van der Waals surface area contributed by atoms with Crippen molar-refractivity contribution in [3.63, 3.8) is 0 Å². The third-order valence-corrected chi connectivity index (χ3v) is 5.24. The Morgan fingerprint density at radius 2 is 1.50 bits per heavy atom. The number of sulfonamides is 1. The third kappa shape index (κ3) is 6.03. The predicted molar refractivity (Wildman–Crippen MR) is 98.9 cm³/mol. The van der Waals surface area contributed by atoms with E-state index in [0.717, 1.165) is 24.3 Å². The number of nitrogens with one attached hydrogen (secondary N) is 2. The summed E-state index contributed by atoms with van der Waals surface area (Å²) < 4.78 is 114. The molecule has 0 fully saturated rings. The van der Waals surface area contributed by atoms with Gasteiger partial charge in [0.25, 0.3) is 5.66 Å². The molecule has 0 saturated carbocycles. The fourth-order valence-corrected chi connectivity index (χ4v) is 3.71. The topological polar surface area (TPSA) is 93.7 Å². The second-order valence-electron chi connectivity index (χ2n) is 6.08. The summed E-state index contributed by atoms with van der Waals surface area (Å²) in [5.74, 6) is -2.77. The van der Waals surface area contributed by atoms with E-state index in [1.165, 1.54) is 29.8 Å². The zero-order chi connectivity index (χ0) is 24.2. The highest BCUT2D eigenvalue weighted by Crippen LogP contribution is 2.35. The van der Waals surface area contributed by atoms with Crippen LogP contribution in [-0.4, -0.2) is 39.2 Å². The van der Waals surface area contributed by atoms with Crippen LogP contribution in [0.25, 0.3) is 0 Å². The van der Waals surface area contributed by atoms with Crippen LogP contribution in [0.15, 0.2) is 59.5 Å². The molecule has 0 bridgehead atoms. The Morgan fingerprint density at radius 3 is 1.97 bits per heavy atom. The molecule has 2 aromatic carbocycles. The van der Waals surface area contributed by atoms with E-state index in [1.807, 2.05) is 0 Å². The summed E-state index contributed by atoms with van der Waals surface area (Å²) in [6, 6.07) is 8.73. The lowest BCUT2D eigenvalue weighted by Crippen LogP contribution is -2.69. The Labute approximate surface area is 178 Å². The van der Waals surface area contributed by atoms with Crippen molar-refractivity contribution in [3.05, 3.63) is 54.6 Å². The van der Waals surface area contributed by atoms with E-state index in [1.54, 1.807) is 5.32 Å². The molecule has 0 aliphatic heterocycles. The van der Waals surface area contributed by atoms with Gasteiger partial charge in [-0.25, -0.2) is 13.2 Å². The summed E-state index contributed by atoms with van der Waals surface area (Å²) in [5, 5.41) is 1.71. The molecule has 0 unspecified atom stereocenters. The zero-order valence-corrected chi connectivity index (χ0v) is 16.9. The molecule has 1 atom stereocenters. The Hall–Kier alpha value is -3.00. The number of ether oxygens (including phenoxy) is 2. The summed E-state index contributed by atoms with van der Waals surface area (Å²) in [7, 11) is -4.92. The van der Waals surface area contributed by atoms with Gasteiger partial charge in [-0.15, -0.1) is 13.2 Å². The van der Waals surface area contributed by atoms with Crippen LogP contribution >= 0.6 is 0 Å². The molecule has 2 rings (SSSR count). The number of benzene rings is 2. The largest absolute Gasteiger partial charge is 0.573 e. The number of carbonyl (C=O) groups is 1. The van der Waals surface area contributed by atoms with Gasteiger partial charge in [0.05, 0.1) is 11.5 Å². The van der Waals surface area contributed by atoms with Gasteiger partial charge in [0, 0.05) is 5.69 Å². The van der Waals surface area contributed by atoms with Crippen molar-refractivity contribution >= 4 is 21.7 Å². The minimum absolute atomic E-state index is 0.524. The van der Waals surface area contributed by atoms with Crippen molar-refractivity contribution in [1.29, 1.82) is 0 Å². The average molecular weight is 486 g/mol. The molecule has 0 spiro atoms. The van der Waals surface area contributed by atoms with Crippen LogP contribution in [0.4, 0.5) is 32.0 Å². The average Bonchev–Trinajstić information content (AvgIpc) is 2.67. The van der Waals surface area contributed by atoms with Gasteiger partial charge >= 0.3 is 18.5 Å². The molecule has 0 radical (unpaired) electrons. The molecule has 7 nitrogen and oxygen atoms in total. The third-order valence-electron chi connectivity index (χ3n) is 3.77. The van der Waals surface area contributed by atoms with Gasteiger partial charge in [-0.05, 0) is 43.3 Å². The van der Waals surface area contributed by atoms with Gasteiger partial charge in [-0.1, -0.05) is 18.2 Å². The number of halogens is 6. The van der Waals surface area contributed by atoms with Gasteiger partial charge in [-0.3, -0.25) is 0 Å². The lowest BCUT2D eigenvalue weighted by Gasteiger charge is -2.35. The van der Waals surface area contributed by atoms with E-state index in [4.69, 9.17) is 0 Å². The van der Waals surface area contributed by atoms with Gasteiger partial charge in [0.15, 0.2) is 0 Å². The smallest absolute Gasteiger partial charge is 0.463 e. The second kappa shape index (κ2) is 9.24. The molecular formula is C18H16F6N2O5S. The first-order valence-corrected chi connectivity index (χ1v) is 10.2. The van der Waals surface area contributed by atoms with E-state index < -0.39 is 57.1 Å². The van der Waals surface area contributed by atoms with Crippen LogP contribution in [0, 0.1) is 0 Å². The highest BCUT2D eigenvalue weighted by molar-refractivity contribution is 7.89. The first-order valence-electron chi connectivity index (χ1n) is 8.67. The van der Waals surface area contributed by atoms with Crippen LogP contribution < -0.4 is 14.8 Å². The van der Waals surface area contributed by atoms with Crippen LogP contribution in [0.1, 0.15) is 6.92 Å². The van der Waals surface area contributed by atoms with Crippen molar-refractivity contribution in [2.45, 2.75) is 30.0 Å². The zero-order valence-electron chi connectivity index (χ0n) is 16.1. The van der Waals surface area contributed by atoms with E-state index in [2.05, 4.69) is 9.47 Å². The summed E-state index contributed by atoms with van der Waals surface area (Å²) in [4.78, 5) is 11.8. The molecular weight excluding hydrogens is 470 g/mol. The standard InChI is InChI=1S/C18H16F6N2O5S/c1-2-30-15(27)16(17(19,20)21,26-32(28,29)14-6-4-3-5-7-14)25-12-8-10-13(11-9-12)31-18(22,23)24/h3-11,25-26H,2H2,1H3/t16-/m0/s1. The number of hydrogen-bond acceptors (Lipinski definition) is 6. The number of esters is 1. The quantitative estimate of drug-likeness (QED) is 0.335. The first-order chi connectivity index (χ1) is 14.7. The van der Waals surface area contributed by atoms with E-state index >= 15 is 0 Å². The Morgan fingerprint density at radius 1 is 0.938 bits per heavy atom. The molecule has 32 heavy (non-hydrogen) atoms. The van der Waals surface area contributed by atoms with Crippen LogP contribution in [-0.2, 0) is 19.6 Å². The normalized spacial score (nSPS) is 14.3. The van der Waals surface area contributed by atoms with Gasteiger partial charge < -0.3 is 14.8 Å². The van der Waals surface area contributed by atoms with Gasteiger partial charge in [-0.2, -0.15) is 17.9 Å². The number of carbonyl (C=O) groups excluding carboxylic acids is 1. The first kappa shape index (κ1) is 25.3. The Bertz CT molecular complexity index is 1030. The molecule has 0 aromatic heterocycles. The van der Waals surface area contributed by atoms with Crippen LogP contribution in [0.2, 0.25) is 0 Å². The number of rotatable bonds is 8. The van der Waals surface area contributed by atoms with E-state index in [9.17, 15) is 39.6 Å².